The van der Waals surface area contributed by atoms with Crippen molar-refractivity contribution in [1.82, 2.24) is 5.32 Å². The Kier molecular flexibility index (Phi) is 5.84. The van der Waals surface area contributed by atoms with Crippen molar-refractivity contribution in [2.45, 2.75) is 64.3 Å². The van der Waals surface area contributed by atoms with E-state index in [9.17, 15) is 4.79 Å². The molecule has 0 rings (SSSR count). The molecule has 0 heterocycles. The average molecular weight is 246 g/mol. The van der Waals surface area contributed by atoms with E-state index in [1.807, 2.05) is 34.6 Å². The minimum absolute atomic E-state index is 0.0475. The summed E-state index contributed by atoms with van der Waals surface area (Å²) >= 11 is 1.61. The Bertz CT molecular complexity index is 234. The van der Waals surface area contributed by atoms with Gasteiger partial charge in [-0.1, -0.05) is 6.92 Å². The van der Waals surface area contributed by atoms with E-state index in [4.69, 9.17) is 5.73 Å². The summed E-state index contributed by atoms with van der Waals surface area (Å²) in [6.07, 6.45) is 0.929. The van der Waals surface area contributed by atoms with Crippen LogP contribution in [0, 0.1) is 0 Å². The number of amides is 1. The average Bonchev–Trinajstić information content (AvgIpc) is 2.12. The number of carbonyl (C=O) groups is 1. The zero-order valence-electron chi connectivity index (χ0n) is 11.4. The summed E-state index contributed by atoms with van der Waals surface area (Å²) in [5.41, 5.74) is 5.54. The lowest BCUT2D eigenvalue weighted by molar-refractivity contribution is -0.121. The van der Waals surface area contributed by atoms with Crippen LogP contribution < -0.4 is 11.1 Å². The highest BCUT2D eigenvalue weighted by atomic mass is 32.2. The molecule has 0 aromatic heterocycles. The lowest BCUT2D eigenvalue weighted by atomic mass is 10.0. The van der Waals surface area contributed by atoms with Gasteiger partial charge in [0.15, 0.2) is 0 Å². The molecule has 0 aliphatic heterocycles. The Hall–Kier alpha value is -0.220. The van der Waals surface area contributed by atoms with Crippen LogP contribution in [0.2, 0.25) is 0 Å². The number of nitrogens with one attached hydrogen (secondary N) is 1. The van der Waals surface area contributed by atoms with Crippen molar-refractivity contribution >= 4 is 17.7 Å². The van der Waals surface area contributed by atoms with Crippen LogP contribution in [-0.2, 0) is 4.79 Å². The minimum Gasteiger partial charge on any atom is -0.350 e. The monoisotopic (exact) mass is 246 g/mol. The molecule has 0 saturated carbocycles. The van der Waals surface area contributed by atoms with E-state index in [1.165, 1.54) is 0 Å². The van der Waals surface area contributed by atoms with Crippen molar-refractivity contribution < 1.29 is 4.79 Å². The third-order valence-electron chi connectivity index (χ3n) is 2.42. The summed E-state index contributed by atoms with van der Waals surface area (Å²) in [6.45, 7) is 12.0. The van der Waals surface area contributed by atoms with Gasteiger partial charge in [0.1, 0.15) is 0 Å². The Morgan fingerprint density at radius 2 is 1.88 bits per heavy atom. The molecule has 1 amide bonds. The van der Waals surface area contributed by atoms with Gasteiger partial charge in [0.2, 0.25) is 5.91 Å². The molecule has 0 aliphatic carbocycles. The number of carbonyl (C=O) groups excluding carboxylic acids is 1. The van der Waals surface area contributed by atoms with Crippen molar-refractivity contribution in [3.63, 3.8) is 0 Å². The zero-order valence-corrected chi connectivity index (χ0v) is 12.2. The highest BCUT2D eigenvalue weighted by Crippen LogP contribution is 2.17. The van der Waals surface area contributed by atoms with Gasteiger partial charge in [-0.15, -0.1) is 11.8 Å². The van der Waals surface area contributed by atoms with Gasteiger partial charge in [-0.3, -0.25) is 4.79 Å². The Morgan fingerprint density at radius 3 is 2.25 bits per heavy atom. The molecule has 16 heavy (non-hydrogen) atoms. The van der Waals surface area contributed by atoms with Crippen LogP contribution in [0.25, 0.3) is 0 Å². The topological polar surface area (TPSA) is 55.1 Å². The SMILES string of the molecule is CCC(C)(C)NC(=O)C(C)SCC(C)(C)N. The van der Waals surface area contributed by atoms with Crippen LogP contribution in [-0.4, -0.2) is 28.0 Å². The van der Waals surface area contributed by atoms with Gasteiger partial charge in [0.05, 0.1) is 5.25 Å². The van der Waals surface area contributed by atoms with E-state index in [-0.39, 0.29) is 22.2 Å². The molecule has 3 N–H and O–H groups in total. The largest absolute Gasteiger partial charge is 0.350 e. The van der Waals surface area contributed by atoms with Crippen molar-refractivity contribution in [1.29, 1.82) is 0 Å². The molecule has 0 radical (unpaired) electrons. The second-order valence-corrected chi connectivity index (χ2v) is 7.00. The first-order valence-electron chi connectivity index (χ1n) is 5.80. The van der Waals surface area contributed by atoms with Gasteiger partial charge in [-0.05, 0) is 41.0 Å². The maximum absolute atomic E-state index is 11.9. The fourth-order valence-electron chi connectivity index (χ4n) is 0.939. The van der Waals surface area contributed by atoms with Crippen LogP contribution in [0.4, 0.5) is 0 Å². The van der Waals surface area contributed by atoms with Gasteiger partial charge in [0, 0.05) is 16.8 Å². The molecule has 3 nitrogen and oxygen atoms in total. The maximum Gasteiger partial charge on any atom is 0.233 e. The standard InChI is InChI=1S/C12H26N2OS/c1-7-12(5,6)14-10(15)9(2)16-8-11(3,4)13/h9H,7-8,13H2,1-6H3,(H,14,15). The summed E-state index contributed by atoms with van der Waals surface area (Å²) in [4.78, 5) is 11.9. The van der Waals surface area contributed by atoms with Crippen molar-refractivity contribution in [3.05, 3.63) is 0 Å². The second-order valence-electron chi connectivity index (χ2n) is 5.67. The molecule has 1 atom stereocenters. The maximum atomic E-state index is 11.9. The molecular formula is C12H26N2OS. The van der Waals surface area contributed by atoms with E-state index in [2.05, 4.69) is 12.2 Å². The lowest BCUT2D eigenvalue weighted by Gasteiger charge is -2.27. The van der Waals surface area contributed by atoms with Crippen LogP contribution >= 0.6 is 11.8 Å². The van der Waals surface area contributed by atoms with Crippen LogP contribution in [0.15, 0.2) is 0 Å². The van der Waals surface area contributed by atoms with E-state index >= 15 is 0 Å². The summed E-state index contributed by atoms with van der Waals surface area (Å²) in [7, 11) is 0. The lowest BCUT2D eigenvalue weighted by Crippen LogP contribution is -2.46. The van der Waals surface area contributed by atoms with E-state index < -0.39 is 0 Å². The smallest absolute Gasteiger partial charge is 0.233 e. The van der Waals surface area contributed by atoms with Gasteiger partial charge in [-0.2, -0.15) is 0 Å². The van der Waals surface area contributed by atoms with E-state index in [0.29, 0.717) is 0 Å². The predicted octanol–water partition coefficient (Wildman–Crippen LogP) is 2.15. The first-order chi connectivity index (χ1) is 7.07. The number of nitrogens with two attached hydrogens (primary N) is 1. The van der Waals surface area contributed by atoms with Gasteiger partial charge >= 0.3 is 0 Å². The number of thioether (sulfide) groups is 1. The highest BCUT2D eigenvalue weighted by Gasteiger charge is 2.23. The Labute approximate surface area is 104 Å². The molecular weight excluding hydrogens is 220 g/mol. The molecule has 0 spiro atoms. The summed E-state index contributed by atoms with van der Waals surface area (Å²) < 4.78 is 0. The number of hydrogen-bond acceptors (Lipinski definition) is 3. The molecule has 4 heteroatoms. The molecule has 1 unspecified atom stereocenters. The van der Waals surface area contributed by atoms with Gasteiger partial charge in [0.25, 0.3) is 0 Å². The molecule has 0 fully saturated rings. The number of hydrogen-bond donors (Lipinski definition) is 2. The molecule has 0 bridgehead atoms. The van der Waals surface area contributed by atoms with Crippen molar-refractivity contribution in [2.24, 2.45) is 5.73 Å². The van der Waals surface area contributed by atoms with Crippen molar-refractivity contribution in [3.8, 4) is 0 Å². The summed E-state index contributed by atoms with van der Waals surface area (Å²) in [5, 5.41) is 2.99. The fraction of sp³-hybridized carbons (Fsp3) is 0.917. The van der Waals surface area contributed by atoms with Crippen molar-refractivity contribution in [2.75, 3.05) is 5.75 Å². The third-order valence-corrected chi connectivity index (χ3v) is 4.04. The molecule has 96 valence electrons. The molecule has 0 aromatic rings. The quantitative estimate of drug-likeness (QED) is 0.755. The highest BCUT2D eigenvalue weighted by molar-refractivity contribution is 8.00. The Balaban J connectivity index is 4.10. The third kappa shape index (κ3) is 7.12. The van der Waals surface area contributed by atoms with E-state index in [1.54, 1.807) is 11.8 Å². The Morgan fingerprint density at radius 1 is 1.38 bits per heavy atom. The zero-order chi connectivity index (χ0) is 13.0. The number of rotatable bonds is 6. The van der Waals surface area contributed by atoms with E-state index in [0.717, 1.165) is 12.2 Å². The van der Waals surface area contributed by atoms with Gasteiger partial charge < -0.3 is 11.1 Å². The normalized spacial score (nSPS) is 14.7. The first-order valence-corrected chi connectivity index (χ1v) is 6.85. The minimum atomic E-state index is -0.223. The van der Waals surface area contributed by atoms with Crippen LogP contribution in [0.5, 0.6) is 0 Å². The summed E-state index contributed by atoms with van der Waals surface area (Å²) in [5.74, 6) is 0.884. The molecule has 0 aromatic carbocycles. The second kappa shape index (κ2) is 5.92. The fourth-order valence-corrected chi connectivity index (χ4v) is 1.83. The first kappa shape index (κ1) is 15.8. The van der Waals surface area contributed by atoms with Gasteiger partial charge in [-0.25, -0.2) is 0 Å². The van der Waals surface area contributed by atoms with Crippen LogP contribution in [0.1, 0.15) is 48.0 Å². The molecule has 0 aliphatic rings. The summed E-state index contributed by atoms with van der Waals surface area (Å²) in [6, 6.07) is 0. The predicted molar refractivity (Wildman–Crippen MR) is 72.7 cm³/mol. The molecule has 0 saturated heterocycles. The van der Waals surface area contributed by atoms with Crippen LogP contribution in [0.3, 0.4) is 0 Å².